The van der Waals surface area contributed by atoms with Gasteiger partial charge in [0.05, 0.1) is 0 Å². The molecular weight excluding hydrogens is 162 g/mol. The second-order valence-electron chi connectivity index (χ2n) is 2.27. The summed E-state index contributed by atoms with van der Waals surface area (Å²) < 4.78 is 0. The monoisotopic (exact) mass is 175 g/mol. The molecule has 0 fully saturated rings. The van der Waals surface area contributed by atoms with Gasteiger partial charge in [-0.3, -0.25) is 0 Å². The maximum absolute atomic E-state index is 10.4. The van der Waals surface area contributed by atoms with Crippen molar-refractivity contribution in [2.24, 2.45) is 0 Å². The molecule has 64 valence electrons. The summed E-state index contributed by atoms with van der Waals surface area (Å²) in [6.45, 7) is 4.02. The molecule has 0 aromatic heterocycles. The van der Waals surface area contributed by atoms with Gasteiger partial charge in [-0.05, 0) is 0 Å². The molecule has 0 aliphatic rings. The molecule has 11 heavy (non-hydrogen) atoms. The molecule has 0 aromatic rings. The third-order valence-electron chi connectivity index (χ3n) is 0.958. The lowest BCUT2D eigenvalue weighted by Crippen LogP contribution is -2.14. The predicted molar refractivity (Wildman–Crippen MR) is 47.5 cm³/mol. The number of hydrogen-bond donors (Lipinski definition) is 2. The molecule has 0 rings (SSSR count). The Hall–Kier alpha value is -0.640. The van der Waals surface area contributed by atoms with Crippen LogP contribution in [0.5, 0.6) is 0 Å². The van der Waals surface area contributed by atoms with Crippen molar-refractivity contribution < 1.29 is 9.90 Å². The number of rotatable bonds is 4. The number of likely N-dealkylation sites (N-methyl/N-ethyl adjacent to an activating group) is 1. The molecule has 0 spiro atoms. The molecule has 0 heterocycles. The van der Waals surface area contributed by atoms with E-state index in [1.165, 1.54) is 11.8 Å². The van der Waals surface area contributed by atoms with Crippen molar-refractivity contribution in [3.8, 4) is 0 Å². The summed E-state index contributed by atoms with van der Waals surface area (Å²) in [6, 6.07) is 0. The van der Waals surface area contributed by atoms with Crippen molar-refractivity contribution in [1.82, 2.24) is 5.32 Å². The van der Waals surface area contributed by atoms with Crippen LogP contribution >= 0.6 is 11.8 Å². The molecule has 3 nitrogen and oxygen atoms in total. The maximum Gasteiger partial charge on any atom is 0.352 e. The first-order valence-electron chi connectivity index (χ1n) is 3.34. The van der Waals surface area contributed by atoms with E-state index in [0.717, 1.165) is 0 Å². The molecule has 0 saturated heterocycles. The van der Waals surface area contributed by atoms with Gasteiger partial charge in [0.2, 0.25) is 0 Å². The minimum absolute atomic E-state index is 0.240. The number of aliphatic carboxylic acids is 1. The molecule has 0 bridgehead atoms. The van der Waals surface area contributed by atoms with Crippen LogP contribution in [0.2, 0.25) is 0 Å². The van der Waals surface area contributed by atoms with E-state index in [4.69, 9.17) is 5.11 Å². The van der Waals surface area contributed by atoms with Crippen LogP contribution in [-0.4, -0.2) is 23.4 Å². The summed E-state index contributed by atoms with van der Waals surface area (Å²) in [5.74, 6) is -0.916. The SMILES string of the molecule is CN/C(=C\SC(C)C)C(=O)O. The lowest BCUT2D eigenvalue weighted by molar-refractivity contribution is -0.133. The van der Waals surface area contributed by atoms with E-state index >= 15 is 0 Å². The Morgan fingerprint density at radius 3 is 2.45 bits per heavy atom. The highest BCUT2D eigenvalue weighted by molar-refractivity contribution is 8.02. The standard InChI is InChI=1S/C7H13NO2S/c1-5(2)11-4-6(8-3)7(9)10/h4-5,8H,1-3H3,(H,9,10)/b6-4-. The summed E-state index contributed by atoms with van der Waals surface area (Å²) in [4.78, 5) is 10.4. The van der Waals surface area contributed by atoms with Gasteiger partial charge in [0.25, 0.3) is 0 Å². The summed E-state index contributed by atoms with van der Waals surface area (Å²) in [7, 11) is 1.60. The van der Waals surface area contributed by atoms with Gasteiger partial charge in [-0.15, -0.1) is 11.8 Å². The van der Waals surface area contributed by atoms with Crippen LogP contribution < -0.4 is 5.32 Å². The number of hydrogen-bond acceptors (Lipinski definition) is 3. The summed E-state index contributed by atoms with van der Waals surface area (Å²) in [6.07, 6.45) is 0. The third-order valence-corrected chi connectivity index (χ3v) is 1.87. The molecule has 0 aromatic carbocycles. The van der Waals surface area contributed by atoms with Crippen molar-refractivity contribution in [2.45, 2.75) is 19.1 Å². The van der Waals surface area contributed by atoms with Crippen LogP contribution in [0.3, 0.4) is 0 Å². The topological polar surface area (TPSA) is 49.3 Å². The quantitative estimate of drug-likeness (QED) is 0.632. The zero-order valence-corrected chi connectivity index (χ0v) is 7.73. The highest BCUT2D eigenvalue weighted by atomic mass is 32.2. The Kier molecular flexibility index (Phi) is 4.77. The van der Waals surface area contributed by atoms with Crippen LogP contribution in [-0.2, 0) is 4.79 Å². The van der Waals surface area contributed by atoms with Gasteiger partial charge < -0.3 is 10.4 Å². The average Bonchev–Trinajstić information content (AvgIpc) is 1.87. The van der Waals surface area contributed by atoms with Crippen molar-refractivity contribution in [1.29, 1.82) is 0 Å². The van der Waals surface area contributed by atoms with Crippen LogP contribution in [0.4, 0.5) is 0 Å². The van der Waals surface area contributed by atoms with Gasteiger partial charge in [-0.2, -0.15) is 0 Å². The van der Waals surface area contributed by atoms with Gasteiger partial charge in [0.1, 0.15) is 5.70 Å². The number of carbonyl (C=O) groups is 1. The molecule has 0 saturated carbocycles. The number of nitrogens with one attached hydrogen (secondary N) is 1. The summed E-state index contributed by atoms with van der Waals surface area (Å²) >= 11 is 1.49. The summed E-state index contributed by atoms with van der Waals surface area (Å²) in [5, 5.41) is 13.2. The Labute approximate surface area is 70.9 Å². The largest absolute Gasteiger partial charge is 0.477 e. The van der Waals surface area contributed by atoms with E-state index < -0.39 is 5.97 Å². The molecule has 0 aliphatic carbocycles. The van der Waals surface area contributed by atoms with Crippen molar-refractivity contribution in [3.05, 3.63) is 11.1 Å². The van der Waals surface area contributed by atoms with Crippen LogP contribution in [0.25, 0.3) is 0 Å². The van der Waals surface area contributed by atoms with E-state index in [2.05, 4.69) is 5.32 Å². The Morgan fingerprint density at radius 1 is 1.64 bits per heavy atom. The number of carboxylic acids is 1. The van der Waals surface area contributed by atoms with Gasteiger partial charge in [-0.1, -0.05) is 13.8 Å². The number of carboxylic acid groups (broad SMARTS) is 1. The van der Waals surface area contributed by atoms with Gasteiger partial charge >= 0.3 is 5.97 Å². The fraction of sp³-hybridized carbons (Fsp3) is 0.571. The smallest absolute Gasteiger partial charge is 0.352 e. The molecule has 0 aliphatic heterocycles. The normalized spacial score (nSPS) is 11.8. The second-order valence-corrected chi connectivity index (χ2v) is 3.72. The zero-order valence-electron chi connectivity index (χ0n) is 6.92. The predicted octanol–water partition coefficient (Wildman–Crippen LogP) is 1.27. The average molecular weight is 175 g/mol. The van der Waals surface area contributed by atoms with E-state index in [1.54, 1.807) is 12.5 Å². The number of thioether (sulfide) groups is 1. The van der Waals surface area contributed by atoms with E-state index in [0.29, 0.717) is 5.25 Å². The highest BCUT2D eigenvalue weighted by Crippen LogP contribution is 2.12. The van der Waals surface area contributed by atoms with Gasteiger partial charge in [0, 0.05) is 17.7 Å². The van der Waals surface area contributed by atoms with Gasteiger partial charge in [-0.25, -0.2) is 4.79 Å². The van der Waals surface area contributed by atoms with Crippen molar-refractivity contribution in [3.63, 3.8) is 0 Å². The van der Waals surface area contributed by atoms with Crippen molar-refractivity contribution >= 4 is 17.7 Å². The lowest BCUT2D eigenvalue weighted by Gasteiger charge is -2.01. The van der Waals surface area contributed by atoms with Crippen LogP contribution in [0.1, 0.15) is 13.8 Å². The van der Waals surface area contributed by atoms with Crippen molar-refractivity contribution in [2.75, 3.05) is 7.05 Å². The maximum atomic E-state index is 10.4. The molecule has 0 amide bonds. The Morgan fingerprint density at radius 2 is 2.18 bits per heavy atom. The van der Waals surface area contributed by atoms with E-state index in [-0.39, 0.29) is 5.70 Å². The molecule has 0 radical (unpaired) electrons. The first kappa shape index (κ1) is 10.4. The minimum Gasteiger partial charge on any atom is -0.477 e. The third kappa shape index (κ3) is 4.72. The molecule has 0 unspecified atom stereocenters. The molecular formula is C7H13NO2S. The van der Waals surface area contributed by atoms with Gasteiger partial charge in [0.15, 0.2) is 0 Å². The summed E-state index contributed by atoms with van der Waals surface area (Å²) in [5.41, 5.74) is 0.240. The molecule has 0 atom stereocenters. The highest BCUT2D eigenvalue weighted by Gasteiger charge is 2.03. The fourth-order valence-electron chi connectivity index (χ4n) is 0.420. The lowest BCUT2D eigenvalue weighted by atomic mass is 10.5. The van der Waals surface area contributed by atoms with Crippen LogP contribution in [0, 0.1) is 0 Å². The minimum atomic E-state index is -0.916. The zero-order chi connectivity index (χ0) is 8.85. The first-order valence-corrected chi connectivity index (χ1v) is 4.29. The Balaban J connectivity index is 4.02. The van der Waals surface area contributed by atoms with Crippen LogP contribution in [0.15, 0.2) is 11.1 Å². The molecule has 4 heteroatoms. The Bertz CT molecular complexity index is 166. The first-order chi connectivity index (χ1) is 5.07. The van der Waals surface area contributed by atoms with E-state index in [1.807, 2.05) is 13.8 Å². The second kappa shape index (κ2) is 5.07. The molecule has 2 N–H and O–H groups in total. The van der Waals surface area contributed by atoms with E-state index in [9.17, 15) is 4.79 Å². The fourth-order valence-corrected chi connectivity index (χ4v) is 1.05.